The summed E-state index contributed by atoms with van der Waals surface area (Å²) in [5.74, 6) is -2.28. The van der Waals surface area contributed by atoms with Crippen LogP contribution < -0.4 is 9.47 Å². The highest BCUT2D eigenvalue weighted by atomic mass is 19.3. The van der Waals surface area contributed by atoms with Crippen molar-refractivity contribution in [1.29, 1.82) is 0 Å². The molecule has 26 heavy (non-hydrogen) atoms. The summed E-state index contributed by atoms with van der Waals surface area (Å²) < 4.78 is 52.1. The average Bonchev–Trinajstić information content (AvgIpc) is 2.67. The van der Waals surface area contributed by atoms with Crippen LogP contribution in [0, 0.1) is 5.92 Å². The van der Waals surface area contributed by atoms with E-state index in [1.165, 1.54) is 48.5 Å². The Balaban J connectivity index is 2.04. The third-order valence-corrected chi connectivity index (χ3v) is 3.83. The Morgan fingerprint density at radius 3 is 1.88 bits per heavy atom. The minimum Gasteiger partial charge on any atom is -0.494 e. The topological polar surface area (TPSA) is 38.7 Å². The number of aliphatic hydroxyl groups excluding tert-OH is 1. The van der Waals surface area contributed by atoms with Gasteiger partial charge in [-0.25, -0.2) is 0 Å². The molecule has 0 radical (unpaired) electrons. The second-order valence-electron chi connectivity index (χ2n) is 6.11. The molecular formula is C20H23F3O3. The van der Waals surface area contributed by atoms with E-state index < -0.39 is 12.6 Å². The first kappa shape index (κ1) is 20.1. The van der Waals surface area contributed by atoms with Gasteiger partial charge >= 0.3 is 0 Å². The first-order chi connectivity index (χ1) is 12.5. The van der Waals surface area contributed by atoms with Gasteiger partial charge in [-0.05, 0) is 48.5 Å². The van der Waals surface area contributed by atoms with Crippen molar-refractivity contribution >= 4 is 0 Å². The second-order valence-corrected chi connectivity index (χ2v) is 6.11. The molecule has 0 heterocycles. The van der Waals surface area contributed by atoms with Gasteiger partial charge in [-0.1, -0.05) is 6.92 Å². The quantitative estimate of drug-likeness (QED) is 0.624. The normalized spacial score (nSPS) is 12.7. The Kier molecular flexibility index (Phi) is 7.33. The van der Waals surface area contributed by atoms with E-state index in [0.717, 1.165) is 0 Å². The van der Waals surface area contributed by atoms with Gasteiger partial charge in [0, 0.05) is 30.1 Å². The molecule has 1 unspecified atom stereocenters. The molecule has 1 atom stereocenters. The first-order valence-corrected chi connectivity index (χ1v) is 8.48. The van der Waals surface area contributed by atoms with Crippen molar-refractivity contribution in [3.63, 3.8) is 0 Å². The van der Waals surface area contributed by atoms with E-state index >= 15 is 0 Å². The fourth-order valence-electron chi connectivity index (χ4n) is 2.22. The number of alkyl halides is 3. The van der Waals surface area contributed by atoms with Crippen molar-refractivity contribution in [3.05, 3.63) is 59.7 Å². The molecule has 142 valence electrons. The molecule has 3 nitrogen and oxygen atoms in total. The molecule has 2 aromatic carbocycles. The summed E-state index contributed by atoms with van der Waals surface area (Å²) in [6.07, 6.45) is 0.267. The zero-order valence-corrected chi connectivity index (χ0v) is 14.6. The lowest BCUT2D eigenvalue weighted by molar-refractivity contribution is 0.0427. The molecular weight excluding hydrogens is 345 g/mol. The van der Waals surface area contributed by atoms with E-state index in [2.05, 4.69) is 0 Å². The smallest absolute Gasteiger partial charge is 0.298 e. The number of aliphatic hydroxyl groups is 1. The molecule has 0 amide bonds. The standard InChI is InChI=1S/C20H23F3O3/c1-15(13-24)14-26-19-9-5-17(6-10-19)20(22,23)16-3-7-18(8-4-16)25-12-2-11-21/h3-10,15,24H,2,11-14H2,1H3. The van der Waals surface area contributed by atoms with Gasteiger partial charge in [0.2, 0.25) is 0 Å². The largest absolute Gasteiger partial charge is 0.494 e. The summed E-state index contributed by atoms with van der Waals surface area (Å²) in [6, 6.07) is 11.1. The Labute approximate surface area is 151 Å². The summed E-state index contributed by atoms with van der Waals surface area (Å²) in [7, 11) is 0. The van der Waals surface area contributed by atoms with Crippen molar-refractivity contribution in [2.75, 3.05) is 26.5 Å². The highest BCUT2D eigenvalue weighted by Crippen LogP contribution is 2.37. The number of halogens is 3. The summed E-state index contributed by atoms with van der Waals surface area (Å²) in [5.41, 5.74) is -0.302. The number of benzene rings is 2. The number of hydrogen-bond donors (Lipinski definition) is 1. The molecule has 0 bridgehead atoms. The number of hydrogen-bond acceptors (Lipinski definition) is 3. The van der Waals surface area contributed by atoms with E-state index in [-0.39, 0.29) is 36.7 Å². The monoisotopic (exact) mass is 368 g/mol. The van der Waals surface area contributed by atoms with Crippen LogP contribution in [0.2, 0.25) is 0 Å². The molecule has 1 N–H and O–H groups in total. The van der Waals surface area contributed by atoms with Crippen LogP contribution in [-0.2, 0) is 5.92 Å². The first-order valence-electron chi connectivity index (χ1n) is 8.48. The Hall–Kier alpha value is -2.21. The van der Waals surface area contributed by atoms with Gasteiger partial charge in [0.05, 0.1) is 19.9 Å². The maximum absolute atomic E-state index is 14.7. The Bertz CT molecular complexity index is 657. The zero-order valence-electron chi connectivity index (χ0n) is 14.6. The fraction of sp³-hybridized carbons (Fsp3) is 0.400. The molecule has 0 fully saturated rings. The lowest BCUT2D eigenvalue weighted by atomic mass is 10.0. The van der Waals surface area contributed by atoms with Crippen molar-refractivity contribution in [1.82, 2.24) is 0 Å². The Morgan fingerprint density at radius 1 is 0.923 bits per heavy atom. The molecule has 6 heteroatoms. The number of rotatable bonds is 10. The molecule has 0 aliphatic rings. The molecule has 0 aliphatic carbocycles. The molecule has 0 spiro atoms. The van der Waals surface area contributed by atoms with Crippen LogP contribution in [0.4, 0.5) is 13.2 Å². The summed E-state index contributed by atoms with van der Waals surface area (Å²) in [5, 5.41) is 8.96. The molecule has 2 aromatic rings. The minimum atomic E-state index is -3.16. The maximum Gasteiger partial charge on any atom is 0.298 e. The van der Waals surface area contributed by atoms with Crippen LogP contribution in [0.5, 0.6) is 11.5 Å². The van der Waals surface area contributed by atoms with Gasteiger partial charge in [0.1, 0.15) is 11.5 Å². The van der Waals surface area contributed by atoms with E-state index in [0.29, 0.717) is 18.1 Å². The van der Waals surface area contributed by atoms with Crippen LogP contribution >= 0.6 is 0 Å². The van der Waals surface area contributed by atoms with Crippen molar-refractivity contribution < 1.29 is 27.8 Å². The van der Waals surface area contributed by atoms with Gasteiger partial charge in [-0.3, -0.25) is 4.39 Å². The zero-order chi connectivity index (χ0) is 19.0. The third kappa shape index (κ3) is 5.39. The van der Waals surface area contributed by atoms with Crippen LogP contribution in [-0.4, -0.2) is 31.6 Å². The highest BCUT2D eigenvalue weighted by molar-refractivity contribution is 5.38. The van der Waals surface area contributed by atoms with E-state index in [9.17, 15) is 13.2 Å². The second kappa shape index (κ2) is 9.48. The van der Waals surface area contributed by atoms with Crippen molar-refractivity contribution in [3.8, 4) is 11.5 Å². The molecule has 0 aromatic heterocycles. The Morgan fingerprint density at radius 2 is 1.42 bits per heavy atom. The average molecular weight is 368 g/mol. The molecule has 0 saturated heterocycles. The predicted molar refractivity (Wildman–Crippen MR) is 93.7 cm³/mol. The molecule has 0 aliphatic heterocycles. The lowest BCUT2D eigenvalue weighted by Gasteiger charge is -2.18. The van der Waals surface area contributed by atoms with Crippen LogP contribution in [0.25, 0.3) is 0 Å². The van der Waals surface area contributed by atoms with Crippen LogP contribution in [0.1, 0.15) is 24.5 Å². The maximum atomic E-state index is 14.7. The number of ether oxygens (including phenoxy) is 2. The van der Waals surface area contributed by atoms with E-state index in [4.69, 9.17) is 14.6 Å². The SMILES string of the molecule is CC(CO)COc1ccc(C(F)(F)c2ccc(OCCCF)cc2)cc1. The van der Waals surface area contributed by atoms with E-state index in [1.54, 1.807) is 0 Å². The van der Waals surface area contributed by atoms with Gasteiger partial charge < -0.3 is 14.6 Å². The third-order valence-electron chi connectivity index (χ3n) is 3.83. The molecule has 2 rings (SSSR count). The predicted octanol–water partition coefficient (Wildman–Crippen LogP) is 4.57. The van der Waals surface area contributed by atoms with Crippen LogP contribution in [0.15, 0.2) is 48.5 Å². The van der Waals surface area contributed by atoms with E-state index in [1.807, 2.05) is 6.92 Å². The van der Waals surface area contributed by atoms with Crippen LogP contribution in [0.3, 0.4) is 0 Å². The molecule has 0 saturated carbocycles. The fourth-order valence-corrected chi connectivity index (χ4v) is 2.22. The lowest BCUT2D eigenvalue weighted by Crippen LogP contribution is -2.15. The summed E-state index contributed by atoms with van der Waals surface area (Å²) in [6.45, 7) is 1.88. The van der Waals surface area contributed by atoms with Gasteiger partial charge in [-0.15, -0.1) is 0 Å². The highest BCUT2D eigenvalue weighted by Gasteiger charge is 2.33. The van der Waals surface area contributed by atoms with Gasteiger partial charge in [0.15, 0.2) is 0 Å². The van der Waals surface area contributed by atoms with Crippen molar-refractivity contribution in [2.45, 2.75) is 19.3 Å². The minimum absolute atomic E-state index is 0.00361. The van der Waals surface area contributed by atoms with Gasteiger partial charge in [-0.2, -0.15) is 8.78 Å². The van der Waals surface area contributed by atoms with Gasteiger partial charge in [0.25, 0.3) is 5.92 Å². The summed E-state index contributed by atoms with van der Waals surface area (Å²) in [4.78, 5) is 0. The van der Waals surface area contributed by atoms with Crippen molar-refractivity contribution in [2.24, 2.45) is 5.92 Å². The summed E-state index contributed by atoms with van der Waals surface area (Å²) >= 11 is 0.